The third-order valence-electron chi connectivity index (χ3n) is 0.105. The Morgan fingerprint density at radius 2 is 2.14 bits per heavy atom. The van der Waals surface area contributed by atoms with Crippen LogP contribution in [0.1, 0.15) is 0 Å². The van der Waals surface area contributed by atoms with Gasteiger partial charge in [-0.1, -0.05) is 0 Å². The Morgan fingerprint density at radius 1 is 2.00 bits per heavy atom. The minimum absolute atomic E-state index is 0. The first-order valence-corrected chi connectivity index (χ1v) is 1.55. The summed E-state index contributed by atoms with van der Waals surface area (Å²) in [6.07, 6.45) is 5.00. The number of nitrogens with two attached hydrogens (primary N) is 1. The van der Waals surface area contributed by atoms with Gasteiger partial charge in [-0.2, -0.15) is 5.80 Å². The van der Waals surface area contributed by atoms with Gasteiger partial charge in [-0.05, 0) is 0 Å². The van der Waals surface area contributed by atoms with Crippen LogP contribution >= 0.6 is 11.6 Å². The quantitative estimate of drug-likeness (QED) is 0.428. The van der Waals surface area contributed by atoms with E-state index in [1.54, 1.807) is 0 Å². The summed E-state index contributed by atoms with van der Waals surface area (Å²) < 4.78 is 15.7. The van der Waals surface area contributed by atoms with Gasteiger partial charge in [0.25, 0.3) is 0 Å². The summed E-state index contributed by atoms with van der Waals surface area (Å²) in [6, 6.07) is -1.48. The molecule has 0 aliphatic heterocycles. The molecule has 1 radical (unpaired) electrons. The number of hydrogen-bond acceptors (Lipinski definition) is 1. The van der Waals surface area contributed by atoms with Crippen LogP contribution in [0.15, 0.2) is 0 Å². The molecule has 0 fully saturated rings. The minimum atomic E-state index is -1.48. The van der Waals surface area contributed by atoms with E-state index in [0.717, 1.165) is 0 Å². The zero-order valence-corrected chi connectivity index (χ0v) is 5.47. The molecule has 0 unspecified atom stereocenters. The third kappa shape index (κ3) is 21.3. The van der Waals surface area contributed by atoms with Crippen molar-refractivity contribution in [1.29, 1.82) is 0 Å². The molecule has 2 N–H and O–H groups in total. The maximum atomic E-state index is 10.7. The van der Waals surface area contributed by atoms with Crippen molar-refractivity contribution in [2.75, 3.05) is 5.88 Å². The van der Waals surface area contributed by atoms with Crippen LogP contribution in [0, 0.1) is 0 Å². The number of carbonyl (C=O) groups is 1. The van der Waals surface area contributed by atoms with E-state index in [0.29, 0.717) is 0 Å². The van der Waals surface area contributed by atoms with Gasteiger partial charge < -0.3 is 6.14 Å². The normalized spacial score (nSPS) is 6.43. The molecular formula is C2H4ClFNOV-. The Kier molecular flexibility index (Phi) is 14.4. The van der Waals surface area contributed by atoms with Crippen molar-refractivity contribution in [1.82, 2.24) is 0 Å². The molecule has 0 amide bonds. The molecule has 5 heteroatoms. The topological polar surface area (TPSA) is 50.6 Å². The third-order valence-corrected chi connectivity index (χ3v) is 0.315. The summed E-state index contributed by atoms with van der Waals surface area (Å²) >= 11 is 4.61. The average molecular weight is 165 g/mol. The standard InChI is InChI=1S/C2H2ClFO.H2N.V/c3-1-2(4)5;;/h1H2;1H2;/q;-1;/i/hT. The van der Waals surface area contributed by atoms with Crippen LogP contribution in [-0.4, -0.2) is 11.9 Å². The average Bonchev–Trinajstić information content (AvgIpc) is 1.73. The molecule has 2 nitrogen and oxygen atoms in total. The number of hydrogen-bond donors (Lipinski definition) is 0. The molecule has 0 saturated heterocycles. The second-order valence-corrected chi connectivity index (χ2v) is 0.756. The van der Waals surface area contributed by atoms with E-state index in [2.05, 4.69) is 11.6 Å². The number of carbonyl (C=O) groups excluding carboxylic acids is 1. The molecule has 0 spiro atoms. The van der Waals surface area contributed by atoms with Gasteiger partial charge in [-0.25, -0.2) is 0 Å². The van der Waals surface area contributed by atoms with Crippen LogP contribution in [0.4, 0.5) is 4.39 Å². The Morgan fingerprint density at radius 3 is 2.14 bits per heavy atom. The smallest absolute Gasteiger partial charge is 0.316 e. The number of halogens is 2. The number of alkyl halides is 1. The van der Waals surface area contributed by atoms with E-state index in [4.69, 9.17) is 12.3 Å². The van der Waals surface area contributed by atoms with Gasteiger partial charge in [0.2, 0.25) is 0 Å². The zero-order valence-electron chi connectivity index (χ0n) is 4.32. The van der Waals surface area contributed by atoms with Crippen molar-refractivity contribution in [3.05, 3.63) is 6.14 Å². The molecule has 0 atom stereocenters. The molecule has 0 aromatic heterocycles. The second kappa shape index (κ2) is 9.66. The summed E-state index contributed by atoms with van der Waals surface area (Å²) in [6.45, 7) is 0. The summed E-state index contributed by atoms with van der Waals surface area (Å²) in [4.78, 5) is 9.01. The molecule has 0 heterocycles. The van der Waals surface area contributed by atoms with E-state index < -0.39 is 11.9 Å². The Balaban J connectivity index is -0.0000000750. The van der Waals surface area contributed by atoms with E-state index in [9.17, 15) is 4.39 Å². The first-order chi connectivity index (χ1) is 3.27. The molecule has 0 bridgehead atoms. The molecule has 0 aromatic rings. The Labute approximate surface area is 59.3 Å². The van der Waals surface area contributed by atoms with E-state index in [1.165, 1.54) is 0 Å². The summed E-state index contributed by atoms with van der Waals surface area (Å²) in [7, 11) is 0. The van der Waals surface area contributed by atoms with E-state index in [1.807, 2.05) is 0 Å². The molecule has 0 aromatic carbocycles. The van der Waals surface area contributed by atoms with Gasteiger partial charge in [0.15, 0.2) is 0 Å². The van der Waals surface area contributed by atoms with Crippen molar-refractivity contribution in [3.8, 4) is 0 Å². The van der Waals surface area contributed by atoms with Crippen molar-refractivity contribution in [3.63, 3.8) is 0 Å². The van der Waals surface area contributed by atoms with E-state index in [-0.39, 0.29) is 18.6 Å². The van der Waals surface area contributed by atoms with Crippen LogP contribution in [0.3, 0.4) is 0 Å². The van der Waals surface area contributed by atoms with Gasteiger partial charge in [0, 0.05) is 18.6 Å². The predicted octanol–water partition coefficient (Wildman–Crippen LogP) is 1.44. The van der Waals surface area contributed by atoms with Gasteiger partial charge in [-0.3, -0.25) is 4.79 Å². The fraction of sp³-hybridized carbons (Fsp3) is 0.500. The largest absolute Gasteiger partial charge is 0.693 e. The van der Waals surface area contributed by atoms with Crippen molar-refractivity contribution in [2.45, 2.75) is 0 Å². The monoisotopic (exact) mass is 165 g/mol. The van der Waals surface area contributed by atoms with Crippen LogP contribution in [0.2, 0.25) is 1.41 Å². The maximum Gasteiger partial charge on any atom is 0.316 e. The molecule has 0 aliphatic carbocycles. The second-order valence-electron chi connectivity index (χ2n) is 0.489. The SMILES string of the molecule is O=C(F)CCl.[3H][NH-].[V]. The zero-order chi connectivity index (χ0) is 6.28. The van der Waals surface area contributed by atoms with Gasteiger partial charge in [0.1, 0.15) is 5.88 Å². The number of rotatable bonds is 1. The maximum absolute atomic E-state index is 10.7. The summed E-state index contributed by atoms with van der Waals surface area (Å²) in [5.74, 6) is -0.528. The first kappa shape index (κ1) is 10.4. The minimum Gasteiger partial charge on any atom is -0.693 e. The van der Waals surface area contributed by atoms with Crippen LogP contribution in [-0.2, 0) is 23.4 Å². The van der Waals surface area contributed by atoms with Crippen LogP contribution < -0.4 is 0 Å². The van der Waals surface area contributed by atoms with Crippen molar-refractivity contribution in [2.24, 2.45) is 0 Å². The molecule has 0 aliphatic rings. The fourth-order valence-electron chi connectivity index (χ4n) is 0. The fourth-order valence-corrected chi connectivity index (χ4v) is 0. The van der Waals surface area contributed by atoms with Gasteiger partial charge >= 0.3 is 6.04 Å². The molecule has 43 valence electrons. The predicted molar refractivity (Wildman–Crippen MR) is 22.1 cm³/mol. The van der Waals surface area contributed by atoms with Crippen molar-refractivity contribution >= 4 is 17.6 Å². The van der Waals surface area contributed by atoms with Crippen LogP contribution in [0.25, 0.3) is 6.14 Å². The van der Waals surface area contributed by atoms with Crippen molar-refractivity contribution < 1.29 is 29.2 Å². The Hall–Kier alpha value is 0.434. The Bertz CT molecular complexity index is 57.3. The summed E-state index contributed by atoms with van der Waals surface area (Å²) in [5, 5.41) is 0. The molecule has 0 rings (SSSR count). The molecule has 0 saturated carbocycles. The van der Waals surface area contributed by atoms with Gasteiger partial charge in [0.05, 0.1) is 0 Å². The van der Waals surface area contributed by atoms with E-state index >= 15 is 0 Å². The molecular weight excluding hydrogens is 159 g/mol. The molecule has 7 heavy (non-hydrogen) atoms. The first-order valence-electron chi connectivity index (χ1n) is 1.51. The van der Waals surface area contributed by atoms with Gasteiger partial charge in [-0.15, -0.1) is 11.6 Å². The summed E-state index contributed by atoms with van der Waals surface area (Å²) in [5.41, 5.74) is 0. The van der Waals surface area contributed by atoms with Crippen LogP contribution in [0.5, 0.6) is 0 Å².